The first kappa shape index (κ1) is 32.9. The molecule has 0 radical (unpaired) electrons. The molecule has 2 amide bonds. The Labute approximate surface area is 245 Å². The molecule has 0 spiro atoms. The predicted octanol–water partition coefficient (Wildman–Crippen LogP) is 4.42. The van der Waals surface area contributed by atoms with Crippen LogP contribution in [0.1, 0.15) is 90.5 Å². The van der Waals surface area contributed by atoms with Crippen LogP contribution in [0.4, 0.5) is 0 Å². The number of amides is 2. The van der Waals surface area contributed by atoms with Crippen molar-refractivity contribution in [3.63, 3.8) is 0 Å². The van der Waals surface area contributed by atoms with E-state index < -0.39 is 41.4 Å². The van der Waals surface area contributed by atoms with Crippen LogP contribution >= 0.6 is 0 Å². The Kier molecular flexibility index (Phi) is 13.0. The Morgan fingerprint density at radius 3 is 2.29 bits per heavy atom. The Bertz CT molecular complexity index is 1000. The lowest BCUT2D eigenvalue weighted by molar-refractivity contribution is -0.205. The molecule has 1 saturated heterocycles. The molecule has 6 N–H and O–H groups in total. The molecule has 5 atom stereocenters. The second kappa shape index (κ2) is 16.2. The van der Waals surface area contributed by atoms with E-state index in [4.69, 9.17) is 21.2 Å². The number of nitrogens with one attached hydrogen (secondary N) is 2. The molecule has 3 rings (SSSR count). The highest BCUT2D eigenvalue weighted by atomic mass is 16.8. The van der Waals surface area contributed by atoms with Gasteiger partial charge in [-0.05, 0) is 50.0 Å². The van der Waals surface area contributed by atoms with Crippen LogP contribution in [0.5, 0.6) is 0 Å². The van der Waals surface area contributed by atoms with Crippen molar-refractivity contribution in [1.29, 1.82) is 0 Å². The quantitative estimate of drug-likeness (QED) is 0.147. The SMILES string of the molecule is CC(C)C[C@@H](C(=O)NN)[C@H](C(=O)NOC1CCCCO1)C(/C=C/c1ccccc1)(CC1CCCCC1)C(=O)[C@@H](C)N. The van der Waals surface area contributed by atoms with Gasteiger partial charge in [0.25, 0.3) is 0 Å². The maximum atomic E-state index is 14.4. The van der Waals surface area contributed by atoms with Crippen molar-refractivity contribution in [3.05, 3.63) is 42.0 Å². The summed E-state index contributed by atoms with van der Waals surface area (Å²) in [5.41, 5.74) is 10.7. The molecule has 2 aliphatic rings. The average molecular weight is 571 g/mol. The zero-order valence-electron chi connectivity index (χ0n) is 25.0. The zero-order chi connectivity index (χ0) is 29.8. The largest absolute Gasteiger partial charge is 0.350 e. The van der Waals surface area contributed by atoms with Gasteiger partial charge >= 0.3 is 0 Å². The summed E-state index contributed by atoms with van der Waals surface area (Å²) in [5, 5.41) is 0. The summed E-state index contributed by atoms with van der Waals surface area (Å²) in [7, 11) is 0. The van der Waals surface area contributed by atoms with E-state index in [0.717, 1.165) is 50.5 Å². The molecule has 41 heavy (non-hydrogen) atoms. The Morgan fingerprint density at radius 2 is 1.71 bits per heavy atom. The van der Waals surface area contributed by atoms with Crippen molar-refractivity contribution in [1.82, 2.24) is 10.9 Å². The van der Waals surface area contributed by atoms with E-state index >= 15 is 0 Å². The van der Waals surface area contributed by atoms with Crippen molar-refractivity contribution < 1.29 is 24.0 Å². The molecule has 1 saturated carbocycles. The van der Waals surface area contributed by atoms with Crippen LogP contribution in [0, 0.1) is 29.1 Å². The molecule has 2 unspecified atom stereocenters. The van der Waals surface area contributed by atoms with E-state index in [9.17, 15) is 14.4 Å². The van der Waals surface area contributed by atoms with E-state index in [1.54, 1.807) is 6.92 Å². The third-order valence-corrected chi connectivity index (χ3v) is 8.47. The fraction of sp³-hybridized carbons (Fsp3) is 0.656. The first-order valence-corrected chi connectivity index (χ1v) is 15.3. The molecule has 1 aromatic carbocycles. The van der Waals surface area contributed by atoms with E-state index in [-0.39, 0.29) is 17.6 Å². The summed E-state index contributed by atoms with van der Waals surface area (Å²) in [5.74, 6) is 2.61. The molecule has 0 aromatic heterocycles. The number of hydrogen-bond donors (Lipinski definition) is 4. The van der Waals surface area contributed by atoms with Gasteiger partial charge in [-0.2, -0.15) is 0 Å². The zero-order valence-corrected chi connectivity index (χ0v) is 25.0. The number of hydroxylamine groups is 1. The molecule has 9 nitrogen and oxygen atoms in total. The minimum absolute atomic E-state index is 0.0473. The van der Waals surface area contributed by atoms with Crippen LogP contribution in [0.25, 0.3) is 6.08 Å². The number of carbonyl (C=O) groups is 3. The fourth-order valence-corrected chi connectivity index (χ4v) is 6.51. The molecule has 1 aromatic rings. The van der Waals surface area contributed by atoms with Crippen molar-refractivity contribution in [2.75, 3.05) is 6.61 Å². The number of nitrogens with two attached hydrogens (primary N) is 2. The highest BCUT2D eigenvalue weighted by molar-refractivity contribution is 5.99. The van der Waals surface area contributed by atoms with Gasteiger partial charge in [-0.15, -0.1) is 0 Å². The van der Waals surface area contributed by atoms with Gasteiger partial charge in [0.2, 0.25) is 11.8 Å². The summed E-state index contributed by atoms with van der Waals surface area (Å²) < 4.78 is 5.66. The number of allylic oxidation sites excluding steroid dienone is 1. The van der Waals surface area contributed by atoms with E-state index in [0.29, 0.717) is 25.9 Å². The second-order valence-corrected chi connectivity index (χ2v) is 12.2. The number of hydrogen-bond acceptors (Lipinski definition) is 7. The van der Waals surface area contributed by atoms with Crippen molar-refractivity contribution in [2.24, 2.45) is 40.7 Å². The molecule has 228 valence electrons. The van der Waals surface area contributed by atoms with Gasteiger partial charge in [-0.25, -0.2) is 16.2 Å². The highest BCUT2D eigenvalue weighted by Gasteiger charge is 2.54. The van der Waals surface area contributed by atoms with Gasteiger partial charge < -0.3 is 10.5 Å². The number of benzene rings is 1. The Hall–Kier alpha value is -2.59. The lowest BCUT2D eigenvalue weighted by atomic mass is 9.59. The molecular formula is C32H50N4O5. The van der Waals surface area contributed by atoms with Crippen LogP contribution in [0.2, 0.25) is 0 Å². The van der Waals surface area contributed by atoms with E-state index in [2.05, 4.69) is 10.9 Å². The van der Waals surface area contributed by atoms with Crippen molar-refractivity contribution in [3.8, 4) is 0 Å². The van der Waals surface area contributed by atoms with E-state index in [1.165, 1.54) is 0 Å². The first-order valence-electron chi connectivity index (χ1n) is 15.3. The molecule has 1 aliphatic heterocycles. The van der Waals surface area contributed by atoms with Crippen LogP contribution in [0.15, 0.2) is 36.4 Å². The molecular weight excluding hydrogens is 520 g/mol. The maximum absolute atomic E-state index is 14.4. The van der Waals surface area contributed by atoms with Crippen LogP contribution in [0.3, 0.4) is 0 Å². The summed E-state index contributed by atoms with van der Waals surface area (Å²) in [6, 6.07) is 8.77. The number of carbonyl (C=O) groups excluding carboxylic acids is 3. The number of hydrazine groups is 1. The Morgan fingerprint density at radius 1 is 1.02 bits per heavy atom. The molecule has 2 fully saturated rings. The summed E-state index contributed by atoms with van der Waals surface area (Å²) in [6.45, 7) is 6.16. The van der Waals surface area contributed by atoms with Gasteiger partial charge in [0.1, 0.15) is 0 Å². The normalized spacial score (nSPS) is 22.0. The average Bonchev–Trinajstić information content (AvgIpc) is 2.98. The van der Waals surface area contributed by atoms with Crippen LogP contribution in [-0.2, 0) is 24.0 Å². The standard InChI is InChI=1S/C32H50N4O5/c1-22(2)20-26(30(38)35-34)28(31(39)36-41-27-16-10-11-19-40-27)32(29(37)23(3)33,21-25-14-8-5-9-15-25)18-17-24-12-6-4-7-13-24/h4,6-7,12-13,17-18,22-23,25-28H,5,8-11,14-16,19-21,33-34H2,1-3H3,(H,35,38)(H,36,39)/b18-17+/t23-,26-,27?,28-,32?/m1/s1. The molecule has 9 heteroatoms. The maximum Gasteiger partial charge on any atom is 0.248 e. The lowest BCUT2D eigenvalue weighted by Crippen LogP contribution is -2.57. The predicted molar refractivity (Wildman–Crippen MR) is 159 cm³/mol. The number of ketones is 1. The third-order valence-electron chi connectivity index (χ3n) is 8.47. The minimum atomic E-state index is -1.38. The summed E-state index contributed by atoms with van der Waals surface area (Å²) in [6.07, 6.45) is 11.5. The number of rotatable bonds is 14. The smallest absolute Gasteiger partial charge is 0.248 e. The topological polar surface area (TPSA) is 146 Å². The van der Waals surface area contributed by atoms with Crippen molar-refractivity contribution >= 4 is 23.7 Å². The number of Topliss-reactive ketones (excluding diaryl/α,β-unsaturated/α-hetero) is 1. The van der Waals surface area contributed by atoms with Crippen LogP contribution in [-0.4, -0.2) is 36.5 Å². The van der Waals surface area contributed by atoms with E-state index in [1.807, 2.05) is 56.3 Å². The number of ether oxygens (including phenoxy) is 1. The van der Waals surface area contributed by atoms with Crippen molar-refractivity contribution in [2.45, 2.75) is 97.3 Å². The Balaban J connectivity index is 2.18. The van der Waals surface area contributed by atoms with Crippen LogP contribution < -0.4 is 22.5 Å². The summed E-state index contributed by atoms with van der Waals surface area (Å²) in [4.78, 5) is 47.9. The highest BCUT2D eigenvalue weighted by Crippen LogP contribution is 2.47. The fourth-order valence-electron chi connectivity index (χ4n) is 6.51. The lowest BCUT2D eigenvalue weighted by Gasteiger charge is -2.43. The molecule has 0 bridgehead atoms. The monoisotopic (exact) mass is 570 g/mol. The summed E-state index contributed by atoms with van der Waals surface area (Å²) >= 11 is 0. The van der Waals surface area contributed by atoms with Gasteiger partial charge in [0, 0.05) is 13.0 Å². The second-order valence-electron chi connectivity index (χ2n) is 12.2. The third kappa shape index (κ3) is 9.20. The minimum Gasteiger partial charge on any atom is -0.350 e. The van der Waals surface area contributed by atoms with Gasteiger partial charge in [0.15, 0.2) is 12.1 Å². The van der Waals surface area contributed by atoms with Gasteiger partial charge in [-0.1, -0.05) is 88.4 Å². The molecule has 1 heterocycles. The molecule has 1 aliphatic carbocycles. The van der Waals surface area contributed by atoms with Gasteiger partial charge in [-0.3, -0.25) is 19.8 Å². The van der Waals surface area contributed by atoms with Gasteiger partial charge in [0.05, 0.1) is 23.3 Å². The first-order chi connectivity index (χ1) is 19.7.